The molecule has 0 aromatic carbocycles. The first-order valence-electron chi connectivity index (χ1n) is 9.86. The van der Waals surface area contributed by atoms with Crippen molar-refractivity contribution in [1.29, 1.82) is 0 Å². The van der Waals surface area contributed by atoms with Gasteiger partial charge in [0, 0.05) is 24.8 Å². The maximum Gasteiger partial charge on any atom is 0.310 e. The van der Waals surface area contributed by atoms with E-state index in [1.165, 1.54) is 13.2 Å². The molecule has 1 aliphatic heterocycles. The number of rotatable bonds is 3. The Morgan fingerprint density at radius 1 is 1.36 bits per heavy atom. The molecular weight excluding hydrogens is 364 g/mol. The molecule has 1 saturated heterocycles. The summed E-state index contributed by atoms with van der Waals surface area (Å²) >= 11 is 0. The molecule has 1 aromatic rings. The number of carbonyl (C=O) groups is 3. The number of esters is 2. The standard InChI is InChI=1S/C21H26O7/c1-12(23)27-15-3-4-17(24)21(11-22)7-5-14-19(25)28-16(13-6-8-26-10-13)9-20(14,2)18(15)21/h6,8,10,14-16,18,22H,3-5,7,9,11H2,1-2H3/t14-,15-,16-,18-,20+,21+/m0/s1. The van der Waals surface area contributed by atoms with Gasteiger partial charge in [0.15, 0.2) is 0 Å². The van der Waals surface area contributed by atoms with Crippen molar-refractivity contribution >= 4 is 17.7 Å². The number of carbonyl (C=O) groups excluding carboxylic acids is 3. The van der Waals surface area contributed by atoms with Crippen molar-refractivity contribution in [3.8, 4) is 0 Å². The zero-order chi connectivity index (χ0) is 20.1. The molecule has 0 spiro atoms. The number of ketones is 1. The van der Waals surface area contributed by atoms with Gasteiger partial charge < -0.3 is 19.0 Å². The molecule has 0 amide bonds. The second kappa shape index (κ2) is 6.72. The molecule has 0 radical (unpaired) electrons. The lowest BCUT2D eigenvalue weighted by molar-refractivity contribution is -0.219. The van der Waals surface area contributed by atoms with E-state index in [-0.39, 0.29) is 24.8 Å². The number of furan rings is 1. The van der Waals surface area contributed by atoms with E-state index in [2.05, 4.69) is 0 Å². The van der Waals surface area contributed by atoms with Gasteiger partial charge in [-0.25, -0.2) is 0 Å². The first-order valence-corrected chi connectivity index (χ1v) is 9.86. The Hall–Kier alpha value is -2.15. The molecule has 152 valence electrons. The molecule has 3 fully saturated rings. The number of aliphatic hydroxyl groups is 1. The van der Waals surface area contributed by atoms with E-state index >= 15 is 0 Å². The minimum Gasteiger partial charge on any atom is -0.472 e. The second-order valence-electron chi connectivity index (χ2n) is 8.69. The minimum absolute atomic E-state index is 0.00174. The number of aliphatic hydroxyl groups excluding tert-OH is 1. The second-order valence-corrected chi connectivity index (χ2v) is 8.69. The van der Waals surface area contributed by atoms with Crippen molar-refractivity contribution in [3.05, 3.63) is 24.2 Å². The van der Waals surface area contributed by atoms with E-state index in [9.17, 15) is 19.5 Å². The Morgan fingerprint density at radius 3 is 2.79 bits per heavy atom. The molecule has 3 aliphatic rings. The normalized spacial score (nSPS) is 40.2. The minimum atomic E-state index is -0.984. The summed E-state index contributed by atoms with van der Waals surface area (Å²) in [5.41, 5.74) is -0.865. The number of ether oxygens (including phenoxy) is 2. The number of hydrogen-bond donors (Lipinski definition) is 1. The lowest BCUT2D eigenvalue weighted by atomic mass is 9.44. The number of fused-ring (bicyclic) bond motifs is 3. The summed E-state index contributed by atoms with van der Waals surface area (Å²) in [6.45, 7) is 3.03. The fraction of sp³-hybridized carbons (Fsp3) is 0.667. The Bertz CT molecular complexity index is 785. The van der Waals surface area contributed by atoms with Gasteiger partial charge >= 0.3 is 11.9 Å². The largest absolute Gasteiger partial charge is 0.472 e. The topological polar surface area (TPSA) is 103 Å². The van der Waals surface area contributed by atoms with Gasteiger partial charge in [0.25, 0.3) is 0 Å². The maximum atomic E-state index is 13.0. The van der Waals surface area contributed by atoms with Crippen LogP contribution in [-0.2, 0) is 23.9 Å². The molecule has 0 bridgehead atoms. The quantitative estimate of drug-likeness (QED) is 0.791. The van der Waals surface area contributed by atoms with Crippen LogP contribution in [0.2, 0.25) is 0 Å². The van der Waals surface area contributed by atoms with Crippen LogP contribution in [0.3, 0.4) is 0 Å². The Labute approximate surface area is 163 Å². The average Bonchev–Trinajstić information content (AvgIpc) is 3.17. The SMILES string of the molecule is CC(=O)O[C@H]1CCC(=O)[C@]2(CO)CC[C@H]3C(=O)O[C@H](c4ccoc4)C[C@@]3(C)[C@H]12. The molecule has 28 heavy (non-hydrogen) atoms. The van der Waals surface area contributed by atoms with Crippen LogP contribution in [0.4, 0.5) is 0 Å². The third-order valence-electron chi connectivity index (χ3n) is 7.25. The zero-order valence-electron chi connectivity index (χ0n) is 16.2. The first kappa shape index (κ1) is 19.2. The number of Topliss-reactive ketones (excluding diaryl/α,β-unsaturated/α-hetero) is 1. The summed E-state index contributed by atoms with van der Waals surface area (Å²) in [6.07, 6.45) is 4.13. The van der Waals surface area contributed by atoms with E-state index < -0.39 is 40.8 Å². The highest BCUT2D eigenvalue weighted by atomic mass is 16.6. The van der Waals surface area contributed by atoms with Crippen molar-refractivity contribution in [1.82, 2.24) is 0 Å². The van der Waals surface area contributed by atoms with Gasteiger partial charge in [0.1, 0.15) is 18.0 Å². The van der Waals surface area contributed by atoms with E-state index in [0.29, 0.717) is 25.7 Å². The van der Waals surface area contributed by atoms with Gasteiger partial charge in [-0.05, 0) is 37.2 Å². The Kier molecular flexibility index (Phi) is 4.61. The monoisotopic (exact) mass is 390 g/mol. The van der Waals surface area contributed by atoms with Crippen LogP contribution in [0.15, 0.2) is 23.0 Å². The highest BCUT2D eigenvalue weighted by Crippen LogP contribution is 2.63. The van der Waals surface area contributed by atoms with Crippen LogP contribution in [0.25, 0.3) is 0 Å². The molecular formula is C21H26O7. The maximum absolute atomic E-state index is 13.0. The Balaban J connectivity index is 1.79. The van der Waals surface area contributed by atoms with Gasteiger partial charge in [-0.3, -0.25) is 14.4 Å². The predicted molar refractivity (Wildman–Crippen MR) is 95.8 cm³/mol. The first-order chi connectivity index (χ1) is 13.3. The van der Waals surface area contributed by atoms with Crippen molar-refractivity contribution in [2.45, 2.75) is 58.2 Å². The summed E-state index contributed by atoms with van der Waals surface area (Å²) in [5, 5.41) is 10.3. The molecule has 2 saturated carbocycles. The van der Waals surface area contributed by atoms with Gasteiger partial charge in [-0.2, -0.15) is 0 Å². The lowest BCUT2D eigenvalue weighted by Crippen LogP contribution is -2.64. The zero-order valence-corrected chi connectivity index (χ0v) is 16.2. The smallest absolute Gasteiger partial charge is 0.310 e. The van der Waals surface area contributed by atoms with Crippen LogP contribution in [0.1, 0.15) is 57.6 Å². The molecule has 6 atom stereocenters. The van der Waals surface area contributed by atoms with E-state index in [4.69, 9.17) is 13.9 Å². The Morgan fingerprint density at radius 2 is 2.14 bits per heavy atom. The fourth-order valence-electron chi connectivity index (χ4n) is 6.09. The number of cyclic esters (lactones) is 1. The van der Waals surface area contributed by atoms with Crippen molar-refractivity contribution in [3.63, 3.8) is 0 Å². The van der Waals surface area contributed by atoms with E-state index in [0.717, 1.165) is 5.56 Å². The summed E-state index contributed by atoms with van der Waals surface area (Å²) < 4.78 is 16.5. The lowest BCUT2D eigenvalue weighted by Gasteiger charge is -2.60. The van der Waals surface area contributed by atoms with Crippen LogP contribution < -0.4 is 0 Å². The molecule has 4 rings (SSSR count). The van der Waals surface area contributed by atoms with Crippen LogP contribution in [0, 0.1) is 22.7 Å². The van der Waals surface area contributed by atoms with E-state index in [1.807, 2.05) is 6.92 Å². The van der Waals surface area contributed by atoms with E-state index in [1.54, 1.807) is 12.3 Å². The molecule has 1 N–H and O–H groups in total. The highest BCUT2D eigenvalue weighted by molar-refractivity contribution is 5.87. The molecule has 2 aliphatic carbocycles. The van der Waals surface area contributed by atoms with Crippen molar-refractivity contribution < 1.29 is 33.4 Å². The average molecular weight is 390 g/mol. The summed E-state index contributed by atoms with van der Waals surface area (Å²) in [6, 6.07) is 1.76. The third kappa shape index (κ3) is 2.70. The van der Waals surface area contributed by atoms with Gasteiger partial charge in [-0.1, -0.05) is 6.92 Å². The van der Waals surface area contributed by atoms with Crippen LogP contribution >= 0.6 is 0 Å². The fourth-order valence-corrected chi connectivity index (χ4v) is 6.09. The molecule has 0 unspecified atom stereocenters. The van der Waals surface area contributed by atoms with Crippen molar-refractivity contribution in [2.75, 3.05) is 6.61 Å². The summed E-state index contributed by atoms with van der Waals surface area (Å²) in [4.78, 5) is 37.7. The van der Waals surface area contributed by atoms with Gasteiger partial charge in [-0.15, -0.1) is 0 Å². The highest BCUT2D eigenvalue weighted by Gasteiger charge is 2.66. The van der Waals surface area contributed by atoms with Crippen LogP contribution in [0.5, 0.6) is 0 Å². The third-order valence-corrected chi connectivity index (χ3v) is 7.25. The number of hydrogen-bond acceptors (Lipinski definition) is 7. The molecule has 7 nitrogen and oxygen atoms in total. The van der Waals surface area contributed by atoms with Crippen LogP contribution in [-0.4, -0.2) is 35.5 Å². The molecule has 1 aromatic heterocycles. The summed E-state index contributed by atoms with van der Waals surface area (Å²) in [5.74, 6) is -1.55. The predicted octanol–water partition coefficient (Wildman–Crippen LogP) is 2.57. The van der Waals surface area contributed by atoms with Crippen molar-refractivity contribution in [2.24, 2.45) is 22.7 Å². The molecule has 2 heterocycles. The van der Waals surface area contributed by atoms with Gasteiger partial charge in [0.05, 0.1) is 30.5 Å². The van der Waals surface area contributed by atoms with Gasteiger partial charge in [0.2, 0.25) is 0 Å². The summed E-state index contributed by atoms with van der Waals surface area (Å²) in [7, 11) is 0. The molecule has 7 heteroatoms.